The van der Waals surface area contributed by atoms with Crippen LogP contribution in [0.1, 0.15) is 50.7 Å². The summed E-state index contributed by atoms with van der Waals surface area (Å²) in [5.74, 6) is 0.339. The number of aromatic nitrogens is 3. The van der Waals surface area contributed by atoms with Crippen molar-refractivity contribution < 1.29 is 14.3 Å². The van der Waals surface area contributed by atoms with E-state index in [-0.39, 0.29) is 18.0 Å². The quantitative estimate of drug-likeness (QED) is 0.802. The summed E-state index contributed by atoms with van der Waals surface area (Å²) in [6, 6.07) is -0.0886. The summed E-state index contributed by atoms with van der Waals surface area (Å²) in [4.78, 5) is 31.3. The molecule has 2 aromatic heterocycles. The Kier molecular flexibility index (Phi) is 6.26. The van der Waals surface area contributed by atoms with Crippen LogP contribution in [0.5, 0.6) is 0 Å². The second-order valence-electron chi connectivity index (χ2n) is 8.76. The first kappa shape index (κ1) is 21.3. The van der Waals surface area contributed by atoms with Gasteiger partial charge in [-0.3, -0.25) is 9.48 Å². The average Bonchev–Trinajstić information content (AvgIpc) is 3.32. The topological polar surface area (TPSA) is 89.4 Å². The molecule has 0 aliphatic carbocycles. The highest BCUT2D eigenvalue weighted by Crippen LogP contribution is 2.25. The first-order valence-electron chi connectivity index (χ1n) is 9.88. The normalized spacial score (nSPS) is 17.0. The number of nitrogens with one attached hydrogen (secondary N) is 1. The maximum absolute atomic E-state index is 12.6. The van der Waals surface area contributed by atoms with Crippen molar-refractivity contribution in [3.05, 3.63) is 23.5 Å². The van der Waals surface area contributed by atoms with Gasteiger partial charge in [0, 0.05) is 37.4 Å². The van der Waals surface area contributed by atoms with Gasteiger partial charge in [0.15, 0.2) is 0 Å². The number of carbonyl (C=O) groups excluding carboxylic acids is 2. The van der Waals surface area contributed by atoms with Crippen LogP contribution < -0.4 is 5.32 Å². The minimum atomic E-state index is -0.527. The molecule has 1 atom stereocenters. The molecule has 3 rings (SSSR count). The van der Waals surface area contributed by atoms with Gasteiger partial charge in [-0.15, -0.1) is 11.3 Å². The van der Waals surface area contributed by atoms with Crippen LogP contribution in [0.3, 0.4) is 0 Å². The van der Waals surface area contributed by atoms with Crippen LogP contribution in [0.2, 0.25) is 0 Å². The molecule has 0 saturated carbocycles. The fourth-order valence-corrected chi connectivity index (χ4v) is 3.88. The van der Waals surface area contributed by atoms with E-state index >= 15 is 0 Å². The summed E-state index contributed by atoms with van der Waals surface area (Å²) in [7, 11) is 0. The lowest BCUT2D eigenvalue weighted by Crippen LogP contribution is -2.40. The lowest BCUT2D eigenvalue weighted by Gasteiger charge is -2.24. The van der Waals surface area contributed by atoms with Gasteiger partial charge in [-0.05, 0) is 33.1 Å². The van der Waals surface area contributed by atoms with Crippen LogP contribution in [0.25, 0.3) is 10.6 Å². The van der Waals surface area contributed by atoms with Gasteiger partial charge < -0.3 is 15.0 Å². The van der Waals surface area contributed by atoms with Gasteiger partial charge in [-0.2, -0.15) is 5.10 Å². The minimum absolute atomic E-state index is 0.0886. The molecule has 0 spiro atoms. The molecule has 1 N–H and O–H groups in total. The standard InChI is InChI=1S/C20H29N5O3S/c1-13(2)10-25-11-14(8-22-25)18-21-9-16(29-18)17(26)23-15-6-7-24(12-15)19(27)28-20(3,4)5/h8-9,11,13,15H,6-7,10,12H2,1-5H3,(H,23,26). The Morgan fingerprint density at radius 3 is 2.79 bits per heavy atom. The summed E-state index contributed by atoms with van der Waals surface area (Å²) in [5, 5.41) is 8.12. The molecule has 29 heavy (non-hydrogen) atoms. The minimum Gasteiger partial charge on any atom is -0.444 e. The molecule has 2 amide bonds. The van der Waals surface area contributed by atoms with E-state index in [0.29, 0.717) is 30.3 Å². The number of rotatable bonds is 5. The van der Waals surface area contributed by atoms with Crippen LogP contribution in [0.15, 0.2) is 18.6 Å². The van der Waals surface area contributed by atoms with E-state index in [1.165, 1.54) is 11.3 Å². The van der Waals surface area contributed by atoms with E-state index in [1.54, 1.807) is 17.3 Å². The highest BCUT2D eigenvalue weighted by molar-refractivity contribution is 7.16. The number of ether oxygens (including phenoxy) is 1. The third-order valence-corrected chi connectivity index (χ3v) is 5.38. The zero-order valence-corrected chi connectivity index (χ0v) is 18.5. The van der Waals surface area contributed by atoms with E-state index in [4.69, 9.17) is 4.74 Å². The van der Waals surface area contributed by atoms with Gasteiger partial charge in [0.05, 0.1) is 12.4 Å². The summed E-state index contributed by atoms with van der Waals surface area (Å²) in [6.07, 6.45) is 5.69. The summed E-state index contributed by atoms with van der Waals surface area (Å²) >= 11 is 1.34. The van der Waals surface area contributed by atoms with Crippen molar-refractivity contribution in [1.29, 1.82) is 0 Å². The number of amides is 2. The number of carbonyl (C=O) groups is 2. The molecular weight excluding hydrogens is 390 g/mol. The predicted molar refractivity (Wildman–Crippen MR) is 112 cm³/mol. The van der Waals surface area contributed by atoms with Crippen molar-refractivity contribution in [2.24, 2.45) is 5.92 Å². The zero-order valence-electron chi connectivity index (χ0n) is 17.6. The third-order valence-electron chi connectivity index (χ3n) is 4.34. The van der Waals surface area contributed by atoms with Crippen LogP contribution in [0.4, 0.5) is 4.79 Å². The molecule has 1 fully saturated rings. The fourth-order valence-electron chi connectivity index (χ4n) is 3.09. The lowest BCUT2D eigenvalue weighted by atomic mass is 10.2. The Hall–Kier alpha value is -2.42. The predicted octanol–water partition coefficient (Wildman–Crippen LogP) is 3.40. The second-order valence-corrected chi connectivity index (χ2v) is 9.79. The molecule has 0 radical (unpaired) electrons. The van der Waals surface area contributed by atoms with Gasteiger partial charge in [0.2, 0.25) is 0 Å². The molecular formula is C20H29N5O3S. The smallest absolute Gasteiger partial charge is 0.410 e. The van der Waals surface area contributed by atoms with E-state index in [1.807, 2.05) is 31.6 Å². The van der Waals surface area contributed by atoms with Gasteiger partial charge >= 0.3 is 6.09 Å². The Morgan fingerprint density at radius 1 is 1.34 bits per heavy atom. The van der Waals surface area contributed by atoms with Crippen molar-refractivity contribution in [2.45, 2.75) is 59.2 Å². The Labute approximate surface area is 175 Å². The van der Waals surface area contributed by atoms with E-state index < -0.39 is 5.60 Å². The highest BCUT2D eigenvalue weighted by atomic mass is 32.1. The van der Waals surface area contributed by atoms with Gasteiger partial charge in [0.1, 0.15) is 15.5 Å². The molecule has 3 heterocycles. The molecule has 1 aliphatic heterocycles. The van der Waals surface area contributed by atoms with Crippen molar-refractivity contribution in [1.82, 2.24) is 25.0 Å². The Bertz CT molecular complexity index is 868. The Morgan fingerprint density at radius 2 is 2.10 bits per heavy atom. The number of thiazole rings is 1. The monoisotopic (exact) mass is 419 g/mol. The summed E-state index contributed by atoms with van der Waals surface area (Å²) < 4.78 is 7.29. The fraction of sp³-hybridized carbons (Fsp3) is 0.600. The number of hydrogen-bond acceptors (Lipinski definition) is 6. The van der Waals surface area contributed by atoms with Crippen molar-refractivity contribution >= 4 is 23.3 Å². The van der Waals surface area contributed by atoms with Crippen molar-refractivity contribution in [2.75, 3.05) is 13.1 Å². The van der Waals surface area contributed by atoms with E-state index in [0.717, 1.165) is 17.1 Å². The molecule has 1 saturated heterocycles. The van der Waals surface area contributed by atoms with Gasteiger partial charge in [-0.25, -0.2) is 9.78 Å². The summed E-state index contributed by atoms with van der Waals surface area (Å²) in [5.41, 5.74) is 0.382. The van der Waals surface area contributed by atoms with Crippen molar-refractivity contribution in [3.8, 4) is 10.6 Å². The number of likely N-dealkylation sites (tertiary alicyclic amines) is 1. The number of nitrogens with zero attached hydrogens (tertiary/aromatic N) is 4. The second kappa shape index (κ2) is 8.52. The SMILES string of the molecule is CC(C)Cn1cc(-c2ncc(C(=O)NC3CCN(C(=O)OC(C)(C)C)C3)s2)cn1. The van der Waals surface area contributed by atoms with Crippen molar-refractivity contribution in [3.63, 3.8) is 0 Å². The number of hydrogen-bond donors (Lipinski definition) is 1. The Balaban J connectivity index is 1.56. The van der Waals surface area contributed by atoms with Crippen LogP contribution in [-0.4, -0.2) is 56.4 Å². The van der Waals surface area contributed by atoms with E-state index in [9.17, 15) is 9.59 Å². The van der Waals surface area contributed by atoms with Gasteiger partial charge in [-0.1, -0.05) is 13.8 Å². The van der Waals surface area contributed by atoms with Crippen LogP contribution in [0, 0.1) is 5.92 Å². The largest absolute Gasteiger partial charge is 0.444 e. The highest BCUT2D eigenvalue weighted by Gasteiger charge is 2.31. The maximum atomic E-state index is 12.6. The molecule has 8 nitrogen and oxygen atoms in total. The summed E-state index contributed by atoms with van der Waals surface area (Å²) in [6.45, 7) is 11.7. The first-order chi connectivity index (χ1) is 13.6. The maximum Gasteiger partial charge on any atom is 0.410 e. The zero-order chi connectivity index (χ0) is 21.2. The molecule has 2 aromatic rings. The molecule has 0 bridgehead atoms. The van der Waals surface area contributed by atoms with Gasteiger partial charge in [0.25, 0.3) is 5.91 Å². The first-order valence-corrected chi connectivity index (χ1v) is 10.7. The lowest BCUT2D eigenvalue weighted by molar-refractivity contribution is 0.0290. The van der Waals surface area contributed by atoms with Crippen LogP contribution in [-0.2, 0) is 11.3 Å². The molecule has 1 aliphatic rings. The average molecular weight is 420 g/mol. The molecule has 9 heteroatoms. The molecule has 1 unspecified atom stereocenters. The molecule has 0 aromatic carbocycles. The van der Waals surface area contributed by atoms with E-state index in [2.05, 4.69) is 29.2 Å². The third kappa shape index (κ3) is 5.79. The van der Waals surface area contributed by atoms with Crippen LogP contribution >= 0.6 is 11.3 Å². The molecule has 158 valence electrons.